The monoisotopic (exact) mass is 445 g/mol. The molecule has 1 aromatic carbocycles. The van der Waals surface area contributed by atoms with E-state index in [2.05, 4.69) is 45.1 Å². The van der Waals surface area contributed by atoms with Crippen LogP contribution in [-0.2, 0) is 11.3 Å². The maximum Gasteiger partial charge on any atom is 0.191 e. The van der Waals surface area contributed by atoms with E-state index in [1.165, 1.54) is 0 Å². The number of ether oxygens (including phenoxy) is 1. The van der Waals surface area contributed by atoms with Crippen molar-refractivity contribution in [2.75, 3.05) is 26.8 Å². The van der Waals surface area contributed by atoms with Gasteiger partial charge in [-0.1, -0.05) is 12.1 Å². The number of fused-ring (bicyclic) bond motifs is 1. The molecule has 7 heteroatoms. The summed E-state index contributed by atoms with van der Waals surface area (Å²) in [6.45, 7) is 9.15. The molecule has 0 aliphatic carbocycles. The highest BCUT2D eigenvalue weighted by atomic mass is 127. The molecular weight excluding hydrogens is 417 g/mol. The van der Waals surface area contributed by atoms with Crippen LogP contribution in [0.5, 0.6) is 0 Å². The van der Waals surface area contributed by atoms with Gasteiger partial charge in [0.25, 0.3) is 0 Å². The molecule has 2 N–H and O–H groups in total. The average molecular weight is 445 g/mol. The van der Waals surface area contributed by atoms with E-state index in [0.29, 0.717) is 13.2 Å². The van der Waals surface area contributed by atoms with Crippen LogP contribution >= 0.6 is 24.0 Å². The van der Waals surface area contributed by atoms with Gasteiger partial charge in [0, 0.05) is 26.2 Å². The van der Waals surface area contributed by atoms with Gasteiger partial charge in [-0.25, -0.2) is 4.98 Å². The van der Waals surface area contributed by atoms with Gasteiger partial charge in [-0.3, -0.25) is 4.99 Å². The number of aromatic nitrogens is 2. The summed E-state index contributed by atoms with van der Waals surface area (Å²) in [7, 11) is 1.70. The largest absolute Gasteiger partial charge is 0.383 e. The third kappa shape index (κ3) is 5.62. The first-order valence-electron chi connectivity index (χ1n) is 8.11. The second-order valence-corrected chi connectivity index (χ2v) is 5.56. The first kappa shape index (κ1) is 20.7. The Hall–Kier alpha value is -1.35. The van der Waals surface area contributed by atoms with E-state index in [4.69, 9.17) is 4.74 Å². The fraction of sp³-hybridized carbons (Fsp3) is 0.529. The van der Waals surface area contributed by atoms with Crippen molar-refractivity contribution in [3.8, 4) is 0 Å². The van der Waals surface area contributed by atoms with Crippen LogP contribution < -0.4 is 10.6 Å². The number of aliphatic imine (C=N–C) groups is 1. The second-order valence-electron chi connectivity index (χ2n) is 5.56. The van der Waals surface area contributed by atoms with Crippen LogP contribution in [0.15, 0.2) is 29.3 Å². The third-order valence-corrected chi connectivity index (χ3v) is 3.58. The van der Waals surface area contributed by atoms with E-state index < -0.39 is 0 Å². The van der Waals surface area contributed by atoms with Gasteiger partial charge in [0.2, 0.25) is 0 Å². The van der Waals surface area contributed by atoms with Crippen LogP contribution in [0.3, 0.4) is 0 Å². The minimum absolute atomic E-state index is 0. The lowest BCUT2D eigenvalue weighted by Gasteiger charge is -2.17. The summed E-state index contributed by atoms with van der Waals surface area (Å²) in [4.78, 5) is 9.24. The van der Waals surface area contributed by atoms with Crippen LogP contribution in [-0.4, -0.2) is 48.4 Å². The molecule has 1 atom stereocenters. The molecule has 0 aliphatic heterocycles. The number of hydrogen-bond acceptors (Lipinski definition) is 3. The molecular formula is C17H28IN5O. The first-order valence-corrected chi connectivity index (χ1v) is 8.11. The van der Waals surface area contributed by atoms with Gasteiger partial charge in [-0.15, -0.1) is 24.0 Å². The molecule has 0 spiro atoms. The van der Waals surface area contributed by atoms with Crippen LogP contribution in [0.4, 0.5) is 0 Å². The molecule has 0 aliphatic rings. The fourth-order valence-electron chi connectivity index (χ4n) is 2.59. The Kier molecular flexibility index (Phi) is 9.05. The molecule has 134 valence electrons. The van der Waals surface area contributed by atoms with E-state index in [1.807, 2.05) is 25.1 Å². The molecule has 2 aromatic rings. The number of aryl methyl sites for hydroxylation is 1. The SMILES string of the molecule is CCNC(=NCCn1c(C)nc2ccccc21)NC(C)COC.I. The van der Waals surface area contributed by atoms with Crippen molar-refractivity contribution < 1.29 is 4.74 Å². The van der Waals surface area contributed by atoms with Crippen LogP contribution in [0, 0.1) is 6.92 Å². The van der Waals surface area contributed by atoms with Gasteiger partial charge in [-0.05, 0) is 32.9 Å². The van der Waals surface area contributed by atoms with Crippen molar-refractivity contribution in [1.82, 2.24) is 20.2 Å². The summed E-state index contributed by atoms with van der Waals surface area (Å²) >= 11 is 0. The Balaban J connectivity index is 0.00000288. The summed E-state index contributed by atoms with van der Waals surface area (Å²) < 4.78 is 7.36. The van der Waals surface area contributed by atoms with Gasteiger partial charge in [-0.2, -0.15) is 0 Å². The number of nitrogens with zero attached hydrogens (tertiary/aromatic N) is 3. The second kappa shape index (κ2) is 10.5. The third-order valence-electron chi connectivity index (χ3n) is 3.58. The lowest BCUT2D eigenvalue weighted by molar-refractivity contribution is 0.179. The molecule has 24 heavy (non-hydrogen) atoms. The molecule has 0 radical (unpaired) electrons. The van der Waals surface area contributed by atoms with Crippen LogP contribution in [0.1, 0.15) is 19.7 Å². The first-order chi connectivity index (χ1) is 11.2. The molecule has 1 heterocycles. The van der Waals surface area contributed by atoms with Crippen molar-refractivity contribution in [1.29, 1.82) is 0 Å². The Labute approximate surface area is 161 Å². The molecule has 1 aromatic heterocycles. The molecule has 0 saturated carbocycles. The Morgan fingerprint density at radius 3 is 2.83 bits per heavy atom. The van der Waals surface area contributed by atoms with E-state index in [0.717, 1.165) is 35.9 Å². The minimum atomic E-state index is 0. The van der Waals surface area contributed by atoms with Crippen molar-refractivity contribution in [3.63, 3.8) is 0 Å². The molecule has 1 unspecified atom stereocenters. The van der Waals surface area contributed by atoms with Gasteiger partial charge in [0.1, 0.15) is 5.82 Å². The number of benzene rings is 1. The molecule has 0 fully saturated rings. The standard InChI is InChI=1S/C17H27N5O.HI/c1-5-18-17(20-13(2)12-23-4)19-10-11-22-14(3)21-15-8-6-7-9-16(15)22;/h6-9,13H,5,10-12H2,1-4H3,(H2,18,19,20);1H. The zero-order valence-electron chi connectivity index (χ0n) is 14.9. The molecule has 2 rings (SSSR count). The van der Waals surface area contributed by atoms with Crippen molar-refractivity contribution in [2.45, 2.75) is 33.4 Å². The number of para-hydroxylation sites is 2. The number of nitrogens with one attached hydrogen (secondary N) is 2. The number of imidazole rings is 1. The summed E-state index contributed by atoms with van der Waals surface area (Å²) in [5.41, 5.74) is 2.19. The van der Waals surface area contributed by atoms with Gasteiger partial charge in [0.15, 0.2) is 5.96 Å². The van der Waals surface area contributed by atoms with Crippen LogP contribution in [0.2, 0.25) is 0 Å². The predicted octanol–water partition coefficient (Wildman–Crippen LogP) is 2.55. The van der Waals surface area contributed by atoms with Crippen molar-refractivity contribution in [2.24, 2.45) is 4.99 Å². The van der Waals surface area contributed by atoms with Crippen LogP contribution in [0.25, 0.3) is 11.0 Å². The maximum atomic E-state index is 5.15. The molecule has 0 saturated heterocycles. The zero-order valence-corrected chi connectivity index (χ0v) is 17.2. The summed E-state index contributed by atoms with van der Waals surface area (Å²) in [5, 5.41) is 6.60. The summed E-state index contributed by atoms with van der Waals surface area (Å²) in [5.74, 6) is 1.84. The van der Waals surface area contributed by atoms with E-state index in [-0.39, 0.29) is 30.0 Å². The molecule has 6 nitrogen and oxygen atoms in total. The van der Waals surface area contributed by atoms with E-state index in [9.17, 15) is 0 Å². The highest BCUT2D eigenvalue weighted by Gasteiger charge is 2.07. The number of hydrogen-bond donors (Lipinski definition) is 2. The number of methoxy groups -OCH3 is 1. The summed E-state index contributed by atoms with van der Waals surface area (Å²) in [6.07, 6.45) is 0. The van der Waals surface area contributed by atoms with Crippen molar-refractivity contribution >= 4 is 41.0 Å². The molecule has 0 amide bonds. The zero-order chi connectivity index (χ0) is 16.7. The highest BCUT2D eigenvalue weighted by molar-refractivity contribution is 14.0. The quantitative estimate of drug-likeness (QED) is 0.391. The molecule has 0 bridgehead atoms. The van der Waals surface area contributed by atoms with E-state index >= 15 is 0 Å². The lowest BCUT2D eigenvalue weighted by atomic mass is 10.3. The van der Waals surface area contributed by atoms with Gasteiger partial charge in [0.05, 0.1) is 24.2 Å². The maximum absolute atomic E-state index is 5.15. The Morgan fingerprint density at radius 2 is 2.12 bits per heavy atom. The fourth-order valence-corrected chi connectivity index (χ4v) is 2.59. The Bertz CT molecular complexity index is 655. The van der Waals surface area contributed by atoms with E-state index in [1.54, 1.807) is 7.11 Å². The smallest absolute Gasteiger partial charge is 0.191 e. The Morgan fingerprint density at radius 1 is 1.38 bits per heavy atom. The average Bonchev–Trinajstić information content (AvgIpc) is 2.83. The lowest BCUT2D eigenvalue weighted by Crippen LogP contribution is -2.44. The minimum Gasteiger partial charge on any atom is -0.383 e. The van der Waals surface area contributed by atoms with Crippen molar-refractivity contribution in [3.05, 3.63) is 30.1 Å². The van der Waals surface area contributed by atoms with Gasteiger partial charge >= 0.3 is 0 Å². The number of guanidine groups is 1. The van der Waals surface area contributed by atoms with Gasteiger partial charge < -0.3 is 19.9 Å². The normalized spacial score (nSPS) is 12.8. The predicted molar refractivity (Wildman–Crippen MR) is 110 cm³/mol. The number of halogens is 1. The number of rotatable bonds is 7. The topological polar surface area (TPSA) is 63.5 Å². The highest BCUT2D eigenvalue weighted by Crippen LogP contribution is 2.14. The summed E-state index contributed by atoms with van der Waals surface area (Å²) in [6, 6.07) is 8.42.